The van der Waals surface area contributed by atoms with Crippen LogP contribution in [0.15, 0.2) is 14.8 Å². The number of carboxylic acid groups (broad SMARTS) is 1. The summed E-state index contributed by atoms with van der Waals surface area (Å²) >= 11 is 0. The Kier molecular flexibility index (Phi) is 3.32. The maximum Gasteiger partial charge on any atom is 0.335 e. The summed E-state index contributed by atoms with van der Waals surface area (Å²) in [4.78, 5) is 53.0. The molecule has 0 aliphatic carbocycles. The standard InChI is InChI=1S/C10H9N5O8/c16-2-3(17)7(23-4(2)8(19)20)15-5-1(11-10(15)21)6(18)13-9(12-5)14-22/h2-4,7,16-17H,(H,11,21)(H,19,20)(H,12,13,18)/t2-,3+,4-,7+/m0/s1. The highest BCUT2D eigenvalue weighted by Gasteiger charge is 2.48. The second-order valence-corrected chi connectivity index (χ2v) is 4.75. The number of aliphatic carboxylic acids is 1. The second-order valence-electron chi connectivity index (χ2n) is 4.75. The number of aromatic nitrogens is 4. The molecule has 0 bridgehead atoms. The Morgan fingerprint density at radius 3 is 2.52 bits per heavy atom. The van der Waals surface area contributed by atoms with Crippen molar-refractivity contribution in [3.8, 4) is 0 Å². The average molecular weight is 327 g/mol. The lowest BCUT2D eigenvalue weighted by Gasteiger charge is -2.15. The van der Waals surface area contributed by atoms with Gasteiger partial charge in [-0.25, -0.2) is 14.2 Å². The fraction of sp³-hybridized carbons (Fsp3) is 0.400. The quantitative estimate of drug-likeness (QED) is 0.378. The second kappa shape index (κ2) is 5.08. The number of aromatic amines is 2. The molecule has 13 nitrogen and oxygen atoms in total. The molecule has 23 heavy (non-hydrogen) atoms. The van der Waals surface area contributed by atoms with Crippen molar-refractivity contribution >= 4 is 23.1 Å². The van der Waals surface area contributed by atoms with Crippen LogP contribution in [0.25, 0.3) is 11.2 Å². The molecule has 1 saturated heterocycles. The highest BCUT2D eigenvalue weighted by Crippen LogP contribution is 2.30. The molecule has 0 radical (unpaired) electrons. The van der Waals surface area contributed by atoms with E-state index in [-0.39, 0.29) is 11.2 Å². The Morgan fingerprint density at radius 1 is 1.26 bits per heavy atom. The zero-order valence-corrected chi connectivity index (χ0v) is 11.0. The number of aliphatic hydroxyl groups excluding tert-OH is 2. The minimum Gasteiger partial charge on any atom is -0.479 e. The van der Waals surface area contributed by atoms with Gasteiger partial charge in [-0.2, -0.15) is 4.98 Å². The summed E-state index contributed by atoms with van der Waals surface area (Å²) in [6, 6.07) is 0. The lowest BCUT2D eigenvalue weighted by Crippen LogP contribution is -2.36. The van der Waals surface area contributed by atoms with Crippen molar-refractivity contribution in [1.82, 2.24) is 19.5 Å². The van der Waals surface area contributed by atoms with E-state index in [9.17, 15) is 29.5 Å². The Labute approximate surface area is 124 Å². The van der Waals surface area contributed by atoms with Gasteiger partial charge >= 0.3 is 11.7 Å². The van der Waals surface area contributed by atoms with Crippen LogP contribution in [0, 0.1) is 4.91 Å². The van der Waals surface area contributed by atoms with E-state index in [1.54, 1.807) is 0 Å². The monoisotopic (exact) mass is 327 g/mol. The van der Waals surface area contributed by atoms with Crippen LogP contribution in [0.5, 0.6) is 0 Å². The van der Waals surface area contributed by atoms with Crippen LogP contribution in [-0.4, -0.2) is 59.1 Å². The first-order valence-corrected chi connectivity index (χ1v) is 6.17. The van der Waals surface area contributed by atoms with Crippen molar-refractivity contribution in [2.75, 3.05) is 0 Å². The molecule has 5 N–H and O–H groups in total. The van der Waals surface area contributed by atoms with Crippen LogP contribution >= 0.6 is 0 Å². The van der Waals surface area contributed by atoms with Crippen molar-refractivity contribution in [2.24, 2.45) is 5.18 Å². The van der Waals surface area contributed by atoms with Crippen LogP contribution < -0.4 is 11.2 Å². The Bertz CT molecular complexity index is 912. The minimum atomic E-state index is -1.81. The molecule has 0 aromatic carbocycles. The molecule has 3 heterocycles. The number of fused-ring (bicyclic) bond motifs is 1. The summed E-state index contributed by atoms with van der Waals surface area (Å²) in [5, 5.41) is 30.9. The van der Waals surface area contributed by atoms with E-state index in [4.69, 9.17) is 9.84 Å². The third kappa shape index (κ3) is 2.14. The molecule has 0 spiro atoms. The van der Waals surface area contributed by atoms with Gasteiger partial charge in [0.15, 0.2) is 23.5 Å². The minimum absolute atomic E-state index is 0.327. The van der Waals surface area contributed by atoms with Gasteiger partial charge < -0.3 is 20.1 Å². The van der Waals surface area contributed by atoms with E-state index in [0.29, 0.717) is 4.57 Å². The van der Waals surface area contributed by atoms with Gasteiger partial charge in [-0.3, -0.25) is 14.8 Å². The highest BCUT2D eigenvalue weighted by atomic mass is 16.6. The number of ether oxygens (including phenoxy) is 1. The normalized spacial score (nSPS) is 27.4. The van der Waals surface area contributed by atoms with E-state index in [2.05, 4.69) is 15.1 Å². The summed E-state index contributed by atoms with van der Waals surface area (Å²) in [7, 11) is 0. The molecule has 1 aliphatic rings. The van der Waals surface area contributed by atoms with E-state index < -0.39 is 47.7 Å². The largest absolute Gasteiger partial charge is 0.479 e. The molecule has 2 aromatic rings. The number of aliphatic hydroxyl groups is 2. The maximum absolute atomic E-state index is 12.0. The van der Waals surface area contributed by atoms with Gasteiger partial charge in [0, 0.05) is 5.18 Å². The molecule has 3 rings (SSSR count). The Hall–Kier alpha value is -2.90. The zero-order chi connectivity index (χ0) is 16.9. The average Bonchev–Trinajstić information content (AvgIpc) is 2.97. The van der Waals surface area contributed by atoms with E-state index in [1.807, 2.05) is 4.98 Å². The van der Waals surface area contributed by atoms with E-state index >= 15 is 0 Å². The molecule has 0 amide bonds. The summed E-state index contributed by atoms with van der Waals surface area (Å²) in [5.41, 5.74) is -2.53. The van der Waals surface area contributed by atoms with Crippen molar-refractivity contribution in [1.29, 1.82) is 0 Å². The number of nitroso groups, excluding NO2 is 1. The lowest BCUT2D eigenvalue weighted by molar-refractivity contribution is -0.155. The fourth-order valence-corrected chi connectivity index (χ4v) is 2.36. The van der Waals surface area contributed by atoms with Gasteiger partial charge in [0.1, 0.15) is 12.2 Å². The first-order chi connectivity index (χ1) is 10.8. The molecule has 122 valence electrons. The van der Waals surface area contributed by atoms with Crippen LogP contribution in [0.4, 0.5) is 5.95 Å². The number of nitrogens with one attached hydrogen (secondary N) is 2. The Morgan fingerprint density at radius 2 is 1.96 bits per heavy atom. The summed E-state index contributed by atoms with van der Waals surface area (Å²) in [6.45, 7) is 0. The van der Waals surface area contributed by atoms with E-state index in [0.717, 1.165) is 0 Å². The van der Waals surface area contributed by atoms with Crippen LogP contribution in [0.2, 0.25) is 0 Å². The summed E-state index contributed by atoms with van der Waals surface area (Å²) in [6.07, 6.45) is -6.99. The van der Waals surface area contributed by atoms with Crippen molar-refractivity contribution < 1.29 is 24.9 Å². The number of rotatable bonds is 3. The number of hydrogen-bond acceptors (Lipinski definition) is 9. The molecule has 0 saturated carbocycles. The number of carbonyl (C=O) groups is 1. The number of carboxylic acids is 1. The number of imidazole rings is 1. The predicted octanol–water partition coefficient (Wildman–Crippen LogP) is -2.49. The third-order valence-electron chi connectivity index (χ3n) is 3.39. The lowest BCUT2D eigenvalue weighted by atomic mass is 10.1. The van der Waals surface area contributed by atoms with Gasteiger partial charge in [0.2, 0.25) is 0 Å². The number of H-pyrrole nitrogens is 2. The van der Waals surface area contributed by atoms with Crippen LogP contribution in [0.3, 0.4) is 0 Å². The molecule has 13 heteroatoms. The van der Waals surface area contributed by atoms with Crippen LogP contribution in [-0.2, 0) is 9.53 Å². The van der Waals surface area contributed by atoms with Gasteiger partial charge in [-0.05, 0) is 0 Å². The zero-order valence-electron chi connectivity index (χ0n) is 11.0. The molecule has 1 aliphatic heterocycles. The predicted molar refractivity (Wildman–Crippen MR) is 70.0 cm³/mol. The maximum atomic E-state index is 12.0. The molecule has 0 unspecified atom stereocenters. The smallest absolute Gasteiger partial charge is 0.335 e. The molecule has 4 atom stereocenters. The van der Waals surface area contributed by atoms with Crippen molar-refractivity contribution in [3.63, 3.8) is 0 Å². The van der Waals surface area contributed by atoms with Crippen LogP contribution in [0.1, 0.15) is 6.23 Å². The van der Waals surface area contributed by atoms with E-state index in [1.165, 1.54) is 0 Å². The highest BCUT2D eigenvalue weighted by molar-refractivity contribution is 5.74. The number of hydrogen-bond donors (Lipinski definition) is 5. The topological polar surface area (TPSA) is 200 Å². The van der Waals surface area contributed by atoms with Gasteiger partial charge in [-0.15, -0.1) is 4.91 Å². The van der Waals surface area contributed by atoms with Crippen molar-refractivity contribution in [3.05, 3.63) is 25.7 Å². The fourth-order valence-electron chi connectivity index (χ4n) is 2.36. The molecule has 2 aromatic heterocycles. The van der Waals surface area contributed by atoms with Crippen molar-refractivity contribution in [2.45, 2.75) is 24.5 Å². The third-order valence-corrected chi connectivity index (χ3v) is 3.39. The molecular formula is C10H9N5O8. The first-order valence-electron chi connectivity index (χ1n) is 6.17. The molecule has 1 fully saturated rings. The Balaban J connectivity index is 2.21. The first kappa shape index (κ1) is 15.0. The summed E-state index contributed by atoms with van der Waals surface area (Å²) in [5.74, 6) is -2.17. The molecular weight excluding hydrogens is 318 g/mol. The SMILES string of the molecule is O=Nc1nc2c([nH]c(=O)n2[C@@H]2O[C@H](C(=O)O)[C@@H](O)[C@H]2O)c(=O)[nH]1. The van der Waals surface area contributed by atoms with Gasteiger partial charge in [0.05, 0.1) is 0 Å². The van der Waals surface area contributed by atoms with Gasteiger partial charge in [0.25, 0.3) is 11.5 Å². The number of nitrogens with zero attached hydrogens (tertiary/aromatic N) is 3. The summed E-state index contributed by atoms with van der Waals surface area (Å²) < 4.78 is 5.61. The van der Waals surface area contributed by atoms with Gasteiger partial charge in [-0.1, -0.05) is 0 Å².